The monoisotopic (exact) mass is 328 g/mol. The van der Waals surface area contributed by atoms with E-state index >= 15 is 0 Å². The van der Waals surface area contributed by atoms with Crippen molar-refractivity contribution in [3.63, 3.8) is 0 Å². The topological polar surface area (TPSA) is 119 Å². The number of rotatable bonds is 12. The number of carbonyl (C=O) groups is 5. The Bertz CT molecular complexity index is 447. The first-order chi connectivity index (χ1) is 10.8. The molecule has 0 radical (unpaired) electrons. The highest BCUT2D eigenvalue weighted by molar-refractivity contribution is 5.90. The van der Waals surface area contributed by atoms with E-state index in [1.165, 1.54) is 14.0 Å². The molecule has 0 saturated heterocycles. The summed E-state index contributed by atoms with van der Waals surface area (Å²) in [4.78, 5) is 55.8. The number of carbonyl (C=O) groups excluding carboxylic acids is 5. The van der Waals surface area contributed by atoms with E-state index in [4.69, 9.17) is 0 Å². The van der Waals surface area contributed by atoms with Gasteiger partial charge < -0.3 is 15.4 Å². The zero-order valence-electron chi connectivity index (χ0n) is 13.6. The predicted octanol–water partition coefficient (Wildman–Crippen LogP) is -0.109. The van der Waals surface area contributed by atoms with Gasteiger partial charge in [0.05, 0.1) is 20.2 Å². The molecule has 0 aliphatic heterocycles. The third-order valence-corrected chi connectivity index (χ3v) is 2.91. The molecule has 0 fully saturated rings. The first-order valence-corrected chi connectivity index (χ1v) is 7.46. The van der Waals surface area contributed by atoms with E-state index in [-0.39, 0.29) is 68.1 Å². The van der Waals surface area contributed by atoms with E-state index in [9.17, 15) is 24.0 Å². The number of esters is 1. The van der Waals surface area contributed by atoms with Crippen molar-refractivity contribution < 1.29 is 28.7 Å². The van der Waals surface area contributed by atoms with Crippen LogP contribution in [0.2, 0.25) is 0 Å². The maximum absolute atomic E-state index is 11.5. The fourth-order valence-corrected chi connectivity index (χ4v) is 1.60. The molecule has 2 N–H and O–H groups in total. The Kier molecular flexibility index (Phi) is 11.1. The normalized spacial score (nSPS) is 9.83. The summed E-state index contributed by atoms with van der Waals surface area (Å²) < 4.78 is 4.48. The van der Waals surface area contributed by atoms with E-state index in [2.05, 4.69) is 15.4 Å². The number of nitrogens with one attached hydrogen (secondary N) is 2. The molecule has 0 unspecified atom stereocenters. The first kappa shape index (κ1) is 20.8. The molecular formula is C15H24N2O6. The fraction of sp³-hybridized carbons (Fsp3) is 0.667. The van der Waals surface area contributed by atoms with Gasteiger partial charge in [0.25, 0.3) is 0 Å². The van der Waals surface area contributed by atoms with Gasteiger partial charge in [-0.2, -0.15) is 0 Å². The molecule has 0 aliphatic carbocycles. The summed E-state index contributed by atoms with van der Waals surface area (Å²) in [5.41, 5.74) is 0. The molecule has 0 atom stereocenters. The van der Waals surface area contributed by atoms with E-state index in [0.29, 0.717) is 12.8 Å². The van der Waals surface area contributed by atoms with Crippen molar-refractivity contribution in [1.82, 2.24) is 10.6 Å². The molecule has 130 valence electrons. The molecule has 0 aliphatic rings. The summed E-state index contributed by atoms with van der Waals surface area (Å²) in [6, 6.07) is 0. The van der Waals surface area contributed by atoms with Gasteiger partial charge in [-0.3, -0.25) is 24.0 Å². The maximum atomic E-state index is 11.5. The van der Waals surface area contributed by atoms with Crippen LogP contribution in [0, 0.1) is 0 Å². The highest BCUT2D eigenvalue weighted by atomic mass is 16.5. The molecular weight excluding hydrogens is 304 g/mol. The van der Waals surface area contributed by atoms with Gasteiger partial charge in [0.2, 0.25) is 11.8 Å². The summed E-state index contributed by atoms with van der Waals surface area (Å²) in [6.45, 7) is 1.18. The van der Waals surface area contributed by atoms with Gasteiger partial charge in [-0.1, -0.05) is 0 Å². The number of Topliss-reactive ketones (excluding diaryl/α,β-unsaturated/α-hetero) is 2. The summed E-state index contributed by atoms with van der Waals surface area (Å²) in [5.74, 6) is -1.38. The summed E-state index contributed by atoms with van der Waals surface area (Å²) >= 11 is 0. The van der Waals surface area contributed by atoms with Crippen molar-refractivity contribution in [3.05, 3.63) is 0 Å². The molecule has 0 rings (SSSR count). The molecule has 0 aromatic rings. The quantitative estimate of drug-likeness (QED) is 0.381. The van der Waals surface area contributed by atoms with E-state index < -0.39 is 0 Å². The van der Waals surface area contributed by atoms with Crippen LogP contribution in [0.3, 0.4) is 0 Å². The van der Waals surface area contributed by atoms with Crippen molar-refractivity contribution in [2.45, 2.75) is 45.4 Å². The van der Waals surface area contributed by atoms with Crippen LogP contribution < -0.4 is 10.6 Å². The molecule has 2 amide bonds. The van der Waals surface area contributed by atoms with Crippen LogP contribution in [0.25, 0.3) is 0 Å². The molecule has 0 heterocycles. The predicted molar refractivity (Wildman–Crippen MR) is 81.4 cm³/mol. The van der Waals surface area contributed by atoms with Crippen LogP contribution in [0.1, 0.15) is 45.4 Å². The fourth-order valence-electron chi connectivity index (χ4n) is 1.60. The summed E-state index contributed by atoms with van der Waals surface area (Å²) in [6.07, 6.45) is 1.56. The van der Waals surface area contributed by atoms with Crippen LogP contribution in [0.4, 0.5) is 0 Å². The van der Waals surface area contributed by atoms with E-state index in [1.54, 1.807) is 0 Å². The molecule has 0 aromatic heterocycles. The van der Waals surface area contributed by atoms with Crippen LogP contribution in [0.5, 0.6) is 0 Å². The summed E-state index contributed by atoms with van der Waals surface area (Å²) in [5, 5.41) is 4.85. The highest BCUT2D eigenvalue weighted by Gasteiger charge is 2.09. The Labute approximate surface area is 135 Å². The van der Waals surface area contributed by atoms with Crippen LogP contribution in [0.15, 0.2) is 0 Å². The van der Waals surface area contributed by atoms with Crippen molar-refractivity contribution in [2.24, 2.45) is 0 Å². The molecule has 8 nitrogen and oxygen atoms in total. The lowest BCUT2D eigenvalue weighted by Gasteiger charge is -2.05. The standard InChI is InChI=1S/C15H24N2O6/c1-11(18)9-16-14(21)8-7-12(19)10-17-13(20)5-3-4-6-15(22)23-2/h3-10H2,1-2H3,(H,16,21)(H,17,20). The van der Waals surface area contributed by atoms with Gasteiger partial charge in [-0.25, -0.2) is 0 Å². The zero-order chi connectivity index (χ0) is 17.7. The number of ether oxygens (including phenoxy) is 1. The van der Waals surface area contributed by atoms with Gasteiger partial charge in [0.15, 0.2) is 5.78 Å². The lowest BCUT2D eigenvalue weighted by atomic mass is 10.1. The van der Waals surface area contributed by atoms with Gasteiger partial charge in [-0.05, 0) is 19.8 Å². The third kappa shape index (κ3) is 13.2. The third-order valence-electron chi connectivity index (χ3n) is 2.91. The van der Waals surface area contributed by atoms with Gasteiger partial charge in [0.1, 0.15) is 5.78 Å². The number of amides is 2. The average molecular weight is 328 g/mol. The number of hydrogen-bond acceptors (Lipinski definition) is 6. The Morgan fingerprint density at radius 2 is 1.35 bits per heavy atom. The van der Waals surface area contributed by atoms with Crippen LogP contribution in [-0.4, -0.2) is 49.5 Å². The number of ketones is 2. The minimum Gasteiger partial charge on any atom is -0.469 e. The van der Waals surface area contributed by atoms with E-state index in [0.717, 1.165) is 0 Å². The van der Waals surface area contributed by atoms with E-state index in [1.807, 2.05) is 0 Å². The lowest BCUT2D eigenvalue weighted by molar-refractivity contribution is -0.140. The molecule has 23 heavy (non-hydrogen) atoms. The van der Waals surface area contributed by atoms with Crippen molar-refractivity contribution in [2.75, 3.05) is 20.2 Å². The highest BCUT2D eigenvalue weighted by Crippen LogP contribution is 2.01. The molecule has 0 spiro atoms. The molecule has 0 bridgehead atoms. The zero-order valence-corrected chi connectivity index (χ0v) is 13.6. The maximum Gasteiger partial charge on any atom is 0.305 e. The van der Waals surface area contributed by atoms with Crippen molar-refractivity contribution in [3.8, 4) is 0 Å². The number of hydrogen-bond donors (Lipinski definition) is 2. The minimum absolute atomic E-state index is 0.00631. The van der Waals surface area contributed by atoms with Gasteiger partial charge in [0, 0.05) is 25.7 Å². The Morgan fingerprint density at radius 1 is 0.783 bits per heavy atom. The van der Waals surface area contributed by atoms with Crippen LogP contribution >= 0.6 is 0 Å². The van der Waals surface area contributed by atoms with Gasteiger partial charge in [-0.15, -0.1) is 0 Å². The Morgan fingerprint density at radius 3 is 1.96 bits per heavy atom. The lowest BCUT2D eigenvalue weighted by Crippen LogP contribution is -2.31. The van der Waals surface area contributed by atoms with Gasteiger partial charge >= 0.3 is 5.97 Å². The van der Waals surface area contributed by atoms with Crippen LogP contribution in [-0.2, 0) is 28.7 Å². The number of unbranched alkanes of at least 4 members (excludes halogenated alkanes) is 1. The second-order valence-corrected chi connectivity index (χ2v) is 5.08. The Hall–Kier alpha value is -2.25. The average Bonchev–Trinajstić information content (AvgIpc) is 2.52. The SMILES string of the molecule is COC(=O)CCCCC(=O)NCC(=O)CCC(=O)NCC(C)=O. The number of methoxy groups -OCH3 is 1. The Balaban J connectivity index is 3.68. The van der Waals surface area contributed by atoms with Crippen molar-refractivity contribution in [1.29, 1.82) is 0 Å². The molecule has 0 saturated carbocycles. The first-order valence-electron chi connectivity index (χ1n) is 7.46. The largest absolute Gasteiger partial charge is 0.469 e. The summed E-state index contributed by atoms with van der Waals surface area (Å²) in [7, 11) is 1.31. The minimum atomic E-state index is -0.373. The molecule has 8 heteroatoms. The second-order valence-electron chi connectivity index (χ2n) is 5.08. The molecule has 0 aromatic carbocycles. The second kappa shape index (κ2) is 12.3. The van der Waals surface area contributed by atoms with Crippen molar-refractivity contribution >= 4 is 29.4 Å². The smallest absolute Gasteiger partial charge is 0.305 e.